The molecule has 0 spiro atoms. The van der Waals surface area contributed by atoms with Crippen molar-refractivity contribution in [3.63, 3.8) is 0 Å². The normalized spacial score (nSPS) is 20.9. The molecule has 1 saturated heterocycles. The number of carbonyl (C=O) groups is 1. The molecule has 2 aromatic heterocycles. The number of rotatable bonds is 7. The summed E-state index contributed by atoms with van der Waals surface area (Å²) in [6, 6.07) is 7.35. The molecule has 3 heterocycles. The predicted molar refractivity (Wildman–Crippen MR) is 119 cm³/mol. The van der Waals surface area contributed by atoms with Crippen molar-refractivity contribution in [1.29, 1.82) is 0 Å². The Hall–Kier alpha value is -3.21. The first-order chi connectivity index (χ1) is 16.9. The number of alkyl halides is 4. The molecule has 2 aliphatic rings. The highest BCUT2D eigenvalue weighted by Gasteiger charge is 2.37. The molecule has 0 radical (unpaired) electrons. The average molecular weight is 492 g/mol. The van der Waals surface area contributed by atoms with Gasteiger partial charge < -0.3 is 14.8 Å². The lowest BCUT2D eigenvalue weighted by Crippen LogP contribution is -2.37. The largest absolute Gasteiger partial charge is 0.489 e. The zero-order valence-electron chi connectivity index (χ0n) is 18.7. The number of aromatic nitrogens is 3. The Morgan fingerprint density at radius 1 is 1.14 bits per heavy atom. The van der Waals surface area contributed by atoms with Crippen LogP contribution in [-0.4, -0.2) is 46.4 Å². The van der Waals surface area contributed by atoms with Crippen molar-refractivity contribution >= 4 is 22.6 Å². The number of hydrogen-bond acceptors (Lipinski definition) is 5. The van der Waals surface area contributed by atoms with E-state index in [9.17, 15) is 22.4 Å². The molecule has 7 nitrogen and oxygen atoms in total. The maximum Gasteiger partial charge on any atom is 0.280 e. The number of nitrogens with zero attached hydrogens (tertiary/aromatic N) is 3. The fourth-order valence-electron chi connectivity index (χ4n) is 4.40. The number of carbonyl (C=O) groups excluding carboxylic acids is 1. The second-order valence-corrected chi connectivity index (χ2v) is 8.87. The highest BCUT2D eigenvalue weighted by atomic mass is 19.3. The molecule has 1 aliphatic heterocycles. The quantitative estimate of drug-likeness (QED) is 0.447. The van der Waals surface area contributed by atoms with E-state index < -0.39 is 36.5 Å². The van der Waals surface area contributed by atoms with Crippen LogP contribution in [0.4, 0.5) is 23.4 Å². The molecule has 3 aromatic rings. The van der Waals surface area contributed by atoms with Crippen molar-refractivity contribution in [1.82, 2.24) is 14.8 Å². The molecule has 0 bridgehead atoms. The second-order valence-electron chi connectivity index (χ2n) is 8.87. The molecular weight excluding hydrogens is 468 g/mol. The second kappa shape index (κ2) is 9.80. The summed E-state index contributed by atoms with van der Waals surface area (Å²) in [6.45, 7) is 1.28. The lowest BCUT2D eigenvalue weighted by Gasteiger charge is -2.35. The topological polar surface area (TPSA) is 78.3 Å². The van der Waals surface area contributed by atoms with Gasteiger partial charge in [0.1, 0.15) is 17.3 Å². The molecule has 186 valence electrons. The summed E-state index contributed by atoms with van der Waals surface area (Å²) >= 11 is 0. The smallest absolute Gasteiger partial charge is 0.280 e. The third kappa shape index (κ3) is 5.09. The average Bonchev–Trinajstić information content (AvgIpc) is 3.24. The van der Waals surface area contributed by atoms with Crippen LogP contribution in [0.5, 0.6) is 5.75 Å². The summed E-state index contributed by atoms with van der Waals surface area (Å²) in [6.07, 6.45) is -1.80. The lowest BCUT2D eigenvalue weighted by molar-refractivity contribution is -0.0330. The van der Waals surface area contributed by atoms with Crippen LogP contribution in [0, 0.1) is 5.92 Å². The number of ether oxygens (including phenoxy) is 2. The molecule has 35 heavy (non-hydrogen) atoms. The first kappa shape index (κ1) is 23.5. The summed E-state index contributed by atoms with van der Waals surface area (Å²) in [4.78, 5) is 16.9. The van der Waals surface area contributed by atoms with Crippen molar-refractivity contribution in [2.45, 2.75) is 50.7 Å². The molecule has 1 aromatic carbocycles. The van der Waals surface area contributed by atoms with Crippen molar-refractivity contribution in [2.24, 2.45) is 5.92 Å². The SMILES string of the molecule is O=C(Nc1cccc(C(F)F)n1)c1cc2cn(C3CCOCC3)nc2cc1OC1CC(C(F)F)C1. The van der Waals surface area contributed by atoms with Crippen LogP contribution in [0.3, 0.4) is 0 Å². The number of benzene rings is 1. The van der Waals surface area contributed by atoms with Crippen LogP contribution in [-0.2, 0) is 4.74 Å². The van der Waals surface area contributed by atoms with Gasteiger partial charge in [0.05, 0.1) is 23.2 Å². The van der Waals surface area contributed by atoms with Crippen molar-refractivity contribution in [3.05, 3.63) is 47.8 Å². The predicted octanol–water partition coefficient (Wildman–Crippen LogP) is 5.40. The number of hydrogen-bond donors (Lipinski definition) is 1. The molecular formula is C24H24F4N4O3. The van der Waals surface area contributed by atoms with E-state index in [0.29, 0.717) is 24.1 Å². The van der Waals surface area contributed by atoms with Crippen LogP contribution in [0.25, 0.3) is 10.9 Å². The first-order valence-corrected chi connectivity index (χ1v) is 11.5. The van der Waals surface area contributed by atoms with Gasteiger partial charge >= 0.3 is 0 Å². The van der Waals surface area contributed by atoms with Crippen molar-refractivity contribution in [3.8, 4) is 5.75 Å². The van der Waals surface area contributed by atoms with Gasteiger partial charge in [0.15, 0.2) is 0 Å². The van der Waals surface area contributed by atoms with E-state index in [1.807, 2.05) is 10.9 Å². The van der Waals surface area contributed by atoms with E-state index >= 15 is 0 Å². The molecule has 5 rings (SSSR count). The fourth-order valence-corrected chi connectivity index (χ4v) is 4.40. The van der Waals surface area contributed by atoms with E-state index in [2.05, 4.69) is 15.4 Å². The molecule has 2 fully saturated rings. The number of fused-ring (bicyclic) bond motifs is 1. The summed E-state index contributed by atoms with van der Waals surface area (Å²) < 4.78 is 65.1. The van der Waals surface area contributed by atoms with Gasteiger partial charge in [0.25, 0.3) is 12.3 Å². The summed E-state index contributed by atoms with van der Waals surface area (Å²) in [7, 11) is 0. The first-order valence-electron chi connectivity index (χ1n) is 11.5. The number of anilines is 1. The highest BCUT2D eigenvalue weighted by Crippen LogP contribution is 2.37. The van der Waals surface area contributed by atoms with Gasteiger partial charge in [-0.15, -0.1) is 0 Å². The van der Waals surface area contributed by atoms with Crippen LogP contribution < -0.4 is 10.1 Å². The molecule has 1 saturated carbocycles. The van der Waals surface area contributed by atoms with Gasteiger partial charge in [-0.05, 0) is 43.9 Å². The van der Waals surface area contributed by atoms with E-state index in [4.69, 9.17) is 9.47 Å². The Balaban J connectivity index is 1.44. The number of amides is 1. The van der Waals surface area contributed by atoms with Gasteiger partial charge in [0, 0.05) is 36.8 Å². The molecule has 11 heteroatoms. The molecule has 1 amide bonds. The Bertz CT molecular complexity index is 1210. The zero-order chi connectivity index (χ0) is 24.5. The van der Waals surface area contributed by atoms with Gasteiger partial charge in [-0.2, -0.15) is 5.10 Å². The van der Waals surface area contributed by atoms with Crippen molar-refractivity contribution in [2.75, 3.05) is 18.5 Å². The van der Waals surface area contributed by atoms with Gasteiger partial charge in [-0.25, -0.2) is 22.5 Å². The minimum atomic E-state index is -2.78. The van der Waals surface area contributed by atoms with E-state index in [1.165, 1.54) is 18.2 Å². The van der Waals surface area contributed by atoms with Crippen LogP contribution in [0.15, 0.2) is 36.5 Å². The molecule has 0 atom stereocenters. The van der Waals surface area contributed by atoms with Gasteiger partial charge in [-0.3, -0.25) is 9.48 Å². The Labute approximate surface area is 198 Å². The maximum atomic E-state index is 13.1. The van der Waals surface area contributed by atoms with Crippen LogP contribution in [0.1, 0.15) is 54.2 Å². The maximum absolute atomic E-state index is 13.1. The Kier molecular flexibility index (Phi) is 6.59. The summed E-state index contributed by atoms with van der Waals surface area (Å²) in [5, 5.41) is 7.88. The standard InChI is InChI=1S/C24H24F4N4O3/c25-22(26)13-8-16(9-13)35-20-11-19-14(12-32(31-19)15-4-6-34-7-5-15)10-17(20)24(33)30-21-3-1-2-18(29-21)23(27)28/h1-3,10-13,15-16,22-23H,4-9H2,(H,29,30,33). The van der Waals surface area contributed by atoms with E-state index in [0.717, 1.165) is 12.8 Å². The fraction of sp³-hybridized carbons (Fsp3) is 0.458. The molecule has 0 unspecified atom stereocenters. The summed E-state index contributed by atoms with van der Waals surface area (Å²) in [5.41, 5.74) is 0.291. The van der Waals surface area contributed by atoms with Gasteiger partial charge in [-0.1, -0.05) is 6.07 Å². The highest BCUT2D eigenvalue weighted by molar-refractivity contribution is 6.08. The number of halogens is 4. The van der Waals surface area contributed by atoms with Crippen LogP contribution >= 0.6 is 0 Å². The molecule has 1 aliphatic carbocycles. The minimum absolute atomic E-state index is 0.0295. The van der Waals surface area contributed by atoms with E-state index in [-0.39, 0.29) is 36.0 Å². The lowest BCUT2D eigenvalue weighted by atomic mass is 9.82. The van der Waals surface area contributed by atoms with E-state index in [1.54, 1.807) is 12.1 Å². The number of nitrogens with one attached hydrogen (secondary N) is 1. The Morgan fingerprint density at radius 3 is 2.63 bits per heavy atom. The van der Waals surface area contributed by atoms with Gasteiger partial charge in [0.2, 0.25) is 6.43 Å². The monoisotopic (exact) mass is 492 g/mol. The third-order valence-corrected chi connectivity index (χ3v) is 6.45. The third-order valence-electron chi connectivity index (χ3n) is 6.45. The minimum Gasteiger partial charge on any atom is -0.489 e. The molecule has 1 N–H and O–H groups in total. The van der Waals surface area contributed by atoms with Crippen LogP contribution in [0.2, 0.25) is 0 Å². The summed E-state index contributed by atoms with van der Waals surface area (Å²) in [5.74, 6) is -1.16. The Morgan fingerprint density at radius 2 is 1.91 bits per heavy atom. The number of pyridine rings is 1. The van der Waals surface area contributed by atoms with Crippen molar-refractivity contribution < 1.29 is 31.8 Å². The zero-order valence-corrected chi connectivity index (χ0v) is 18.7.